The third-order valence-electron chi connectivity index (χ3n) is 3.91. The lowest BCUT2D eigenvalue weighted by Crippen LogP contribution is -2.26. The summed E-state index contributed by atoms with van der Waals surface area (Å²) in [4.78, 5) is 12.6. The van der Waals surface area contributed by atoms with Crippen molar-refractivity contribution in [1.82, 2.24) is 15.5 Å². The fourth-order valence-corrected chi connectivity index (χ4v) is 2.53. The van der Waals surface area contributed by atoms with Crippen molar-refractivity contribution in [2.45, 2.75) is 13.0 Å². The molecule has 0 unspecified atom stereocenters. The van der Waals surface area contributed by atoms with Crippen LogP contribution in [0.4, 0.5) is 0 Å². The van der Waals surface area contributed by atoms with Gasteiger partial charge in [0.15, 0.2) is 0 Å². The van der Waals surface area contributed by atoms with Crippen LogP contribution >= 0.6 is 0 Å². The standard InChI is InChI=1S/C19H19N3O2/c1-13(14-8-10-16(24-2)11-9-14)21-19(23)17-12-20-22-18(17)15-6-4-3-5-7-15/h3-13H,1-2H3,(H,20,22)(H,21,23)/t13-/m1/s1. The van der Waals surface area contributed by atoms with E-state index in [4.69, 9.17) is 4.74 Å². The fourth-order valence-electron chi connectivity index (χ4n) is 2.53. The molecule has 0 saturated heterocycles. The van der Waals surface area contributed by atoms with Crippen molar-refractivity contribution in [2.75, 3.05) is 7.11 Å². The van der Waals surface area contributed by atoms with Crippen LogP contribution in [0.25, 0.3) is 11.3 Å². The van der Waals surface area contributed by atoms with E-state index in [1.54, 1.807) is 13.3 Å². The minimum Gasteiger partial charge on any atom is -0.497 e. The smallest absolute Gasteiger partial charge is 0.255 e. The average Bonchev–Trinajstić information content (AvgIpc) is 3.12. The molecule has 1 heterocycles. The van der Waals surface area contributed by atoms with Crippen LogP contribution in [-0.2, 0) is 0 Å². The number of carbonyl (C=O) groups is 1. The van der Waals surface area contributed by atoms with Gasteiger partial charge in [-0.25, -0.2) is 0 Å². The highest BCUT2D eigenvalue weighted by atomic mass is 16.5. The van der Waals surface area contributed by atoms with Crippen LogP contribution in [0.3, 0.4) is 0 Å². The zero-order valence-electron chi connectivity index (χ0n) is 13.6. The summed E-state index contributed by atoms with van der Waals surface area (Å²) in [5.74, 6) is 0.629. The molecule has 0 aliphatic carbocycles. The van der Waals surface area contributed by atoms with Gasteiger partial charge in [0.1, 0.15) is 5.75 Å². The number of ether oxygens (including phenoxy) is 1. The summed E-state index contributed by atoms with van der Waals surface area (Å²) in [6.45, 7) is 1.95. The lowest BCUT2D eigenvalue weighted by atomic mass is 10.1. The lowest BCUT2D eigenvalue weighted by molar-refractivity contribution is 0.0940. The van der Waals surface area contributed by atoms with Gasteiger partial charge in [-0.05, 0) is 24.6 Å². The summed E-state index contributed by atoms with van der Waals surface area (Å²) in [7, 11) is 1.63. The first-order valence-electron chi connectivity index (χ1n) is 7.72. The summed E-state index contributed by atoms with van der Waals surface area (Å²) in [5, 5.41) is 9.93. The number of hydrogen-bond donors (Lipinski definition) is 2. The highest BCUT2D eigenvalue weighted by Crippen LogP contribution is 2.22. The number of nitrogens with zero attached hydrogens (tertiary/aromatic N) is 1. The normalized spacial score (nSPS) is 11.8. The molecule has 0 spiro atoms. The molecule has 1 aromatic heterocycles. The molecule has 2 aromatic carbocycles. The predicted molar refractivity (Wildman–Crippen MR) is 92.9 cm³/mol. The van der Waals surface area contributed by atoms with Gasteiger partial charge in [-0.1, -0.05) is 42.5 Å². The highest BCUT2D eigenvalue weighted by molar-refractivity contribution is 5.99. The van der Waals surface area contributed by atoms with E-state index in [9.17, 15) is 4.79 Å². The van der Waals surface area contributed by atoms with Crippen LogP contribution in [0.15, 0.2) is 60.8 Å². The Morgan fingerprint density at radius 2 is 1.83 bits per heavy atom. The summed E-state index contributed by atoms with van der Waals surface area (Å²) in [6.07, 6.45) is 1.55. The van der Waals surface area contributed by atoms with Crippen molar-refractivity contribution >= 4 is 5.91 Å². The molecule has 0 aliphatic heterocycles. The number of rotatable bonds is 5. The van der Waals surface area contributed by atoms with Gasteiger partial charge in [0, 0.05) is 5.56 Å². The van der Waals surface area contributed by atoms with E-state index in [1.807, 2.05) is 61.5 Å². The Morgan fingerprint density at radius 3 is 2.50 bits per heavy atom. The molecule has 3 aromatic rings. The highest BCUT2D eigenvalue weighted by Gasteiger charge is 2.17. The Labute approximate surface area is 140 Å². The molecule has 1 atom stereocenters. The molecule has 122 valence electrons. The maximum atomic E-state index is 12.6. The number of aromatic nitrogens is 2. The Kier molecular flexibility index (Phi) is 4.61. The first-order valence-corrected chi connectivity index (χ1v) is 7.72. The molecule has 0 aliphatic rings. The number of carbonyl (C=O) groups excluding carboxylic acids is 1. The number of H-pyrrole nitrogens is 1. The maximum absolute atomic E-state index is 12.6. The van der Waals surface area contributed by atoms with E-state index in [0.717, 1.165) is 22.6 Å². The van der Waals surface area contributed by atoms with Crippen LogP contribution in [-0.4, -0.2) is 23.2 Å². The van der Waals surface area contributed by atoms with Crippen LogP contribution < -0.4 is 10.1 Å². The summed E-state index contributed by atoms with van der Waals surface area (Å²) in [5.41, 5.74) is 3.18. The molecule has 0 fully saturated rings. The number of nitrogens with one attached hydrogen (secondary N) is 2. The van der Waals surface area contributed by atoms with Crippen molar-refractivity contribution in [1.29, 1.82) is 0 Å². The first-order chi connectivity index (χ1) is 11.7. The molecule has 3 rings (SSSR count). The molecule has 0 saturated carbocycles. The number of benzene rings is 2. The van der Waals surface area contributed by atoms with Crippen molar-refractivity contribution < 1.29 is 9.53 Å². The Bertz CT molecular complexity index is 810. The second-order valence-electron chi connectivity index (χ2n) is 5.49. The van der Waals surface area contributed by atoms with Gasteiger partial charge in [-0.15, -0.1) is 0 Å². The van der Waals surface area contributed by atoms with E-state index in [2.05, 4.69) is 15.5 Å². The molecule has 2 N–H and O–H groups in total. The number of hydrogen-bond acceptors (Lipinski definition) is 3. The quantitative estimate of drug-likeness (QED) is 0.755. The monoisotopic (exact) mass is 321 g/mol. The molecule has 5 heteroatoms. The maximum Gasteiger partial charge on any atom is 0.255 e. The van der Waals surface area contributed by atoms with E-state index in [-0.39, 0.29) is 11.9 Å². The fraction of sp³-hybridized carbons (Fsp3) is 0.158. The molecular weight excluding hydrogens is 302 g/mol. The number of aromatic amines is 1. The van der Waals surface area contributed by atoms with Gasteiger partial charge >= 0.3 is 0 Å². The summed E-state index contributed by atoms with van der Waals surface area (Å²) in [6, 6.07) is 17.2. The minimum absolute atomic E-state index is 0.123. The SMILES string of the molecule is COc1ccc([C@@H](C)NC(=O)c2cn[nH]c2-c2ccccc2)cc1. The van der Waals surface area contributed by atoms with Gasteiger partial charge in [0.2, 0.25) is 0 Å². The number of methoxy groups -OCH3 is 1. The van der Waals surface area contributed by atoms with Crippen molar-refractivity contribution in [3.05, 3.63) is 71.9 Å². The van der Waals surface area contributed by atoms with Crippen molar-refractivity contribution in [3.8, 4) is 17.0 Å². The van der Waals surface area contributed by atoms with Crippen LogP contribution in [0.5, 0.6) is 5.75 Å². The van der Waals surface area contributed by atoms with Gasteiger partial charge in [-0.3, -0.25) is 9.89 Å². The Morgan fingerprint density at radius 1 is 1.12 bits per heavy atom. The predicted octanol–water partition coefficient (Wildman–Crippen LogP) is 3.58. The molecule has 0 radical (unpaired) electrons. The van der Waals surface area contributed by atoms with E-state index >= 15 is 0 Å². The van der Waals surface area contributed by atoms with Crippen molar-refractivity contribution in [3.63, 3.8) is 0 Å². The largest absolute Gasteiger partial charge is 0.497 e. The van der Waals surface area contributed by atoms with Crippen LogP contribution in [0, 0.1) is 0 Å². The Balaban J connectivity index is 1.77. The minimum atomic E-state index is -0.161. The van der Waals surface area contributed by atoms with Gasteiger partial charge < -0.3 is 10.1 Å². The van der Waals surface area contributed by atoms with E-state index < -0.39 is 0 Å². The third kappa shape index (κ3) is 3.30. The van der Waals surface area contributed by atoms with Crippen LogP contribution in [0.1, 0.15) is 28.9 Å². The molecule has 24 heavy (non-hydrogen) atoms. The van der Waals surface area contributed by atoms with E-state index in [1.165, 1.54) is 0 Å². The summed E-state index contributed by atoms with van der Waals surface area (Å²) >= 11 is 0. The van der Waals surface area contributed by atoms with Crippen molar-refractivity contribution in [2.24, 2.45) is 0 Å². The summed E-state index contributed by atoms with van der Waals surface area (Å²) < 4.78 is 5.15. The van der Waals surface area contributed by atoms with Crippen LogP contribution in [0.2, 0.25) is 0 Å². The van der Waals surface area contributed by atoms with Gasteiger partial charge in [-0.2, -0.15) is 5.10 Å². The second kappa shape index (κ2) is 7.00. The number of amides is 1. The van der Waals surface area contributed by atoms with E-state index in [0.29, 0.717) is 5.56 Å². The molecule has 1 amide bonds. The zero-order chi connectivity index (χ0) is 16.9. The van der Waals surface area contributed by atoms with Gasteiger partial charge in [0.05, 0.1) is 30.6 Å². The molecule has 5 nitrogen and oxygen atoms in total. The zero-order valence-corrected chi connectivity index (χ0v) is 13.6. The first kappa shape index (κ1) is 15.8. The topological polar surface area (TPSA) is 67.0 Å². The third-order valence-corrected chi connectivity index (χ3v) is 3.91. The second-order valence-corrected chi connectivity index (χ2v) is 5.49. The average molecular weight is 321 g/mol. The Hall–Kier alpha value is -3.08. The van der Waals surface area contributed by atoms with Gasteiger partial charge in [0.25, 0.3) is 5.91 Å². The lowest BCUT2D eigenvalue weighted by Gasteiger charge is -2.15. The molecule has 0 bridgehead atoms. The molecular formula is C19H19N3O2.